The molecule has 0 amide bonds. The largest absolute Gasteiger partial charge is 0.155 e. The Morgan fingerprint density at radius 2 is 0.792 bits per heavy atom. The maximum atomic E-state index is 4.50. The van der Waals surface area contributed by atoms with Gasteiger partial charge in [-0.15, -0.1) is 0 Å². The lowest BCUT2D eigenvalue weighted by Crippen LogP contribution is -2.02. The van der Waals surface area contributed by atoms with E-state index in [1.165, 1.54) is 44.5 Å². The average molecular weight is 320 g/mol. The van der Waals surface area contributed by atoms with Gasteiger partial charge in [-0.1, -0.05) is 12.1 Å². The zero-order valence-electron chi connectivity index (χ0n) is 16.2. The molecule has 0 heterocycles. The van der Waals surface area contributed by atoms with Gasteiger partial charge in [0, 0.05) is 11.1 Å². The number of aryl methyl sites for hydroxylation is 6. The van der Waals surface area contributed by atoms with Crippen LogP contribution in [-0.4, -0.2) is 11.4 Å². The van der Waals surface area contributed by atoms with Gasteiger partial charge < -0.3 is 0 Å². The highest BCUT2D eigenvalue weighted by Crippen LogP contribution is 2.18. The van der Waals surface area contributed by atoms with E-state index in [1.54, 1.807) is 0 Å². The predicted octanol–water partition coefficient (Wildman–Crippen LogP) is 5.77. The first-order valence-electron chi connectivity index (χ1n) is 8.46. The third kappa shape index (κ3) is 3.81. The van der Waals surface area contributed by atoms with Crippen LogP contribution in [0.2, 0.25) is 0 Å². The molecule has 126 valence electrons. The summed E-state index contributed by atoms with van der Waals surface area (Å²) >= 11 is 0. The van der Waals surface area contributed by atoms with Crippen molar-refractivity contribution in [1.29, 1.82) is 0 Å². The van der Waals surface area contributed by atoms with E-state index in [4.69, 9.17) is 0 Å². The minimum absolute atomic E-state index is 0.955. The van der Waals surface area contributed by atoms with Crippen LogP contribution in [-0.2, 0) is 0 Å². The van der Waals surface area contributed by atoms with Crippen molar-refractivity contribution in [3.63, 3.8) is 0 Å². The fourth-order valence-electron chi connectivity index (χ4n) is 2.96. The van der Waals surface area contributed by atoms with E-state index >= 15 is 0 Å². The summed E-state index contributed by atoms with van der Waals surface area (Å²) in [5.41, 5.74) is 11.9. The van der Waals surface area contributed by atoms with Gasteiger partial charge in [-0.2, -0.15) is 10.2 Å². The summed E-state index contributed by atoms with van der Waals surface area (Å²) in [5, 5.41) is 9.00. The van der Waals surface area contributed by atoms with Crippen molar-refractivity contribution >= 4 is 11.4 Å². The van der Waals surface area contributed by atoms with Crippen LogP contribution in [0.4, 0.5) is 0 Å². The standard InChI is InChI=1S/C22H28N2/c1-13-9-17(5)21(11-15(13)3)19(7)23-24-20(8)22-12-16(4)14(2)10-18(22)6/h9-12H,1-8H3. The Morgan fingerprint density at radius 1 is 0.500 bits per heavy atom. The van der Waals surface area contributed by atoms with Crippen molar-refractivity contribution in [3.8, 4) is 0 Å². The van der Waals surface area contributed by atoms with E-state index in [-0.39, 0.29) is 0 Å². The molecule has 0 saturated carbocycles. The first kappa shape index (κ1) is 18.1. The normalized spacial score (nSPS) is 12.7. The van der Waals surface area contributed by atoms with Crippen LogP contribution in [0.3, 0.4) is 0 Å². The van der Waals surface area contributed by atoms with E-state index < -0.39 is 0 Å². The van der Waals surface area contributed by atoms with E-state index in [0.717, 1.165) is 11.4 Å². The summed E-state index contributed by atoms with van der Waals surface area (Å²) in [6, 6.07) is 8.84. The molecule has 2 rings (SSSR count). The minimum atomic E-state index is 0.955. The molecule has 2 aromatic rings. The summed E-state index contributed by atoms with van der Waals surface area (Å²) in [6.07, 6.45) is 0. The molecule has 0 atom stereocenters. The van der Waals surface area contributed by atoms with Crippen molar-refractivity contribution in [1.82, 2.24) is 0 Å². The van der Waals surface area contributed by atoms with E-state index in [0.29, 0.717) is 0 Å². The molecule has 0 spiro atoms. The maximum absolute atomic E-state index is 4.50. The van der Waals surface area contributed by atoms with Crippen LogP contribution < -0.4 is 0 Å². The summed E-state index contributed by atoms with van der Waals surface area (Å²) in [7, 11) is 0. The van der Waals surface area contributed by atoms with Crippen molar-refractivity contribution in [2.45, 2.75) is 55.4 Å². The van der Waals surface area contributed by atoms with Gasteiger partial charge in [0.1, 0.15) is 0 Å². The van der Waals surface area contributed by atoms with Crippen LogP contribution in [0.5, 0.6) is 0 Å². The predicted molar refractivity (Wildman–Crippen MR) is 106 cm³/mol. The molecule has 0 unspecified atom stereocenters. The molecule has 0 aliphatic heterocycles. The van der Waals surface area contributed by atoms with Crippen LogP contribution in [0.15, 0.2) is 34.5 Å². The third-order valence-electron chi connectivity index (χ3n) is 4.81. The van der Waals surface area contributed by atoms with Crippen molar-refractivity contribution in [2.24, 2.45) is 10.2 Å². The average Bonchev–Trinajstić information content (AvgIpc) is 2.51. The quantitative estimate of drug-likeness (QED) is 0.506. The van der Waals surface area contributed by atoms with Crippen LogP contribution >= 0.6 is 0 Å². The van der Waals surface area contributed by atoms with Gasteiger partial charge in [-0.25, -0.2) is 0 Å². The molecule has 0 fully saturated rings. The fraction of sp³-hybridized carbons (Fsp3) is 0.364. The lowest BCUT2D eigenvalue weighted by atomic mass is 9.98. The van der Waals surface area contributed by atoms with E-state index in [2.05, 4.69) is 76.0 Å². The van der Waals surface area contributed by atoms with Gasteiger partial charge in [0.15, 0.2) is 0 Å². The Hall–Kier alpha value is -2.22. The third-order valence-corrected chi connectivity index (χ3v) is 4.81. The van der Waals surface area contributed by atoms with E-state index in [9.17, 15) is 0 Å². The lowest BCUT2D eigenvalue weighted by molar-refractivity contribution is 1.19. The first-order valence-corrected chi connectivity index (χ1v) is 8.46. The number of nitrogens with zero attached hydrogens (tertiary/aromatic N) is 2. The van der Waals surface area contributed by atoms with Crippen molar-refractivity contribution in [3.05, 3.63) is 68.8 Å². The SMILES string of the molecule is CC(=NN=C(C)c1cc(C)c(C)cc1C)c1cc(C)c(C)cc1C. The second-order valence-corrected chi connectivity index (χ2v) is 6.87. The molecule has 0 radical (unpaired) electrons. The number of hydrogen-bond donors (Lipinski definition) is 0. The monoisotopic (exact) mass is 320 g/mol. The molecular weight excluding hydrogens is 292 g/mol. The molecule has 0 N–H and O–H groups in total. The molecule has 2 nitrogen and oxygen atoms in total. The first-order chi connectivity index (χ1) is 11.2. The van der Waals surface area contributed by atoms with Crippen LogP contribution in [0.1, 0.15) is 58.4 Å². The van der Waals surface area contributed by atoms with Crippen molar-refractivity contribution < 1.29 is 0 Å². The molecule has 2 aromatic carbocycles. The highest BCUT2D eigenvalue weighted by Gasteiger charge is 2.07. The Kier molecular flexibility index (Phi) is 5.38. The zero-order valence-corrected chi connectivity index (χ0v) is 16.2. The summed E-state index contributed by atoms with van der Waals surface area (Å²) < 4.78 is 0. The summed E-state index contributed by atoms with van der Waals surface area (Å²) in [4.78, 5) is 0. The zero-order chi connectivity index (χ0) is 18.0. The molecular formula is C22H28N2. The molecule has 0 saturated heterocycles. The molecule has 0 bridgehead atoms. The fourth-order valence-corrected chi connectivity index (χ4v) is 2.96. The van der Waals surface area contributed by atoms with Gasteiger partial charge in [-0.05, 0) is 101 Å². The van der Waals surface area contributed by atoms with E-state index in [1.807, 2.05) is 13.8 Å². The number of rotatable bonds is 3. The van der Waals surface area contributed by atoms with Crippen LogP contribution in [0, 0.1) is 41.5 Å². The van der Waals surface area contributed by atoms with Crippen molar-refractivity contribution in [2.75, 3.05) is 0 Å². The van der Waals surface area contributed by atoms with Crippen LogP contribution in [0.25, 0.3) is 0 Å². The Labute approximate surface area is 146 Å². The topological polar surface area (TPSA) is 24.7 Å². The Balaban J connectivity index is 2.40. The highest BCUT2D eigenvalue weighted by atomic mass is 15.2. The van der Waals surface area contributed by atoms with Gasteiger partial charge in [-0.3, -0.25) is 0 Å². The van der Waals surface area contributed by atoms with Gasteiger partial charge in [0.2, 0.25) is 0 Å². The minimum Gasteiger partial charge on any atom is -0.155 e. The number of benzene rings is 2. The van der Waals surface area contributed by atoms with Gasteiger partial charge in [0.25, 0.3) is 0 Å². The van der Waals surface area contributed by atoms with Gasteiger partial charge in [0.05, 0.1) is 11.4 Å². The lowest BCUT2D eigenvalue weighted by Gasteiger charge is -2.10. The maximum Gasteiger partial charge on any atom is 0.0674 e. The summed E-state index contributed by atoms with van der Waals surface area (Å²) in [6.45, 7) is 16.9. The Bertz CT molecular complexity index is 768. The molecule has 0 aliphatic carbocycles. The molecule has 24 heavy (non-hydrogen) atoms. The highest BCUT2D eigenvalue weighted by molar-refractivity contribution is 6.03. The van der Waals surface area contributed by atoms with Gasteiger partial charge >= 0.3 is 0 Å². The second kappa shape index (κ2) is 7.12. The smallest absolute Gasteiger partial charge is 0.0674 e. The summed E-state index contributed by atoms with van der Waals surface area (Å²) in [5.74, 6) is 0. The molecule has 0 aliphatic rings. The molecule has 2 heteroatoms. The Morgan fingerprint density at radius 3 is 1.12 bits per heavy atom. The number of hydrogen-bond acceptors (Lipinski definition) is 2. The second-order valence-electron chi connectivity index (χ2n) is 6.87. The molecule has 0 aromatic heterocycles.